The first-order valence-electron chi connectivity index (χ1n) is 7.98. The Morgan fingerprint density at radius 2 is 1.96 bits per heavy atom. The van der Waals surface area contributed by atoms with Crippen LogP contribution in [-0.4, -0.2) is 6.21 Å². The van der Waals surface area contributed by atoms with Crippen molar-refractivity contribution in [2.45, 2.75) is 13.5 Å². The Morgan fingerprint density at radius 1 is 1.12 bits per heavy atom. The molecule has 0 saturated heterocycles. The third-order valence-corrected chi connectivity index (χ3v) is 4.78. The molecule has 0 amide bonds. The average molecular weight is 433 g/mol. The minimum absolute atomic E-state index is 0.270. The first-order valence-corrected chi connectivity index (χ1v) is 9.15. The van der Waals surface area contributed by atoms with Crippen LogP contribution >= 0.6 is 27.5 Å². The fourth-order valence-electron chi connectivity index (χ4n) is 2.31. The molecule has 0 fully saturated rings. The number of hydrogen-bond acceptors (Lipinski definition) is 2. The van der Waals surface area contributed by atoms with E-state index < -0.39 is 0 Å². The van der Waals surface area contributed by atoms with Crippen LogP contribution in [0.5, 0.6) is 5.75 Å². The lowest BCUT2D eigenvalue weighted by molar-refractivity contribution is 0.303. The SMILES string of the molecule is Cc1ccc(N=Cc2ccc(OCc3cccc(F)c3)c(Br)c2)cc1Cl. The second-order valence-electron chi connectivity index (χ2n) is 5.80. The maximum Gasteiger partial charge on any atom is 0.134 e. The van der Waals surface area contributed by atoms with Crippen molar-refractivity contribution < 1.29 is 9.13 Å². The van der Waals surface area contributed by atoms with Crippen molar-refractivity contribution in [2.24, 2.45) is 4.99 Å². The Morgan fingerprint density at radius 3 is 2.69 bits per heavy atom. The van der Waals surface area contributed by atoms with E-state index >= 15 is 0 Å². The van der Waals surface area contributed by atoms with Crippen LogP contribution < -0.4 is 4.74 Å². The molecule has 0 atom stereocenters. The van der Waals surface area contributed by atoms with E-state index in [4.69, 9.17) is 16.3 Å². The molecule has 0 spiro atoms. The van der Waals surface area contributed by atoms with Gasteiger partial charge in [-0.25, -0.2) is 4.39 Å². The Balaban J connectivity index is 1.68. The van der Waals surface area contributed by atoms with Gasteiger partial charge in [-0.3, -0.25) is 4.99 Å². The fraction of sp³-hybridized carbons (Fsp3) is 0.0952. The lowest BCUT2D eigenvalue weighted by atomic mass is 10.2. The first-order chi connectivity index (χ1) is 12.5. The van der Waals surface area contributed by atoms with Crippen LogP contribution in [0.25, 0.3) is 0 Å². The van der Waals surface area contributed by atoms with Gasteiger partial charge in [0.2, 0.25) is 0 Å². The van der Waals surface area contributed by atoms with Gasteiger partial charge in [-0.15, -0.1) is 0 Å². The Kier molecular flexibility index (Phi) is 6.07. The van der Waals surface area contributed by atoms with Gasteiger partial charge in [0.25, 0.3) is 0 Å². The quantitative estimate of drug-likeness (QED) is 0.403. The number of rotatable bonds is 5. The normalized spacial score (nSPS) is 11.1. The number of halogens is 3. The number of aliphatic imine (C=N–C) groups is 1. The maximum atomic E-state index is 13.2. The molecule has 0 aliphatic heterocycles. The summed E-state index contributed by atoms with van der Waals surface area (Å²) in [5.41, 5.74) is 3.52. The van der Waals surface area contributed by atoms with Gasteiger partial charge < -0.3 is 4.74 Å². The molecule has 0 N–H and O–H groups in total. The fourth-order valence-corrected chi connectivity index (χ4v) is 3.00. The smallest absolute Gasteiger partial charge is 0.134 e. The van der Waals surface area contributed by atoms with E-state index in [9.17, 15) is 4.39 Å². The molecule has 3 aromatic carbocycles. The summed E-state index contributed by atoms with van der Waals surface area (Å²) >= 11 is 9.62. The zero-order valence-corrected chi connectivity index (χ0v) is 16.4. The topological polar surface area (TPSA) is 21.6 Å². The molecule has 0 radical (unpaired) electrons. The highest BCUT2D eigenvalue weighted by Gasteiger charge is 2.04. The third kappa shape index (κ3) is 4.93. The molecule has 0 bridgehead atoms. The van der Waals surface area contributed by atoms with Crippen LogP contribution in [-0.2, 0) is 6.61 Å². The summed E-state index contributed by atoms with van der Waals surface area (Å²) < 4.78 is 19.8. The number of nitrogens with zero attached hydrogens (tertiary/aromatic N) is 1. The van der Waals surface area contributed by atoms with E-state index in [0.29, 0.717) is 17.4 Å². The summed E-state index contributed by atoms with van der Waals surface area (Å²) in [5.74, 6) is 0.415. The highest BCUT2D eigenvalue weighted by Crippen LogP contribution is 2.27. The highest BCUT2D eigenvalue weighted by atomic mass is 79.9. The summed E-state index contributed by atoms with van der Waals surface area (Å²) in [6, 6.07) is 17.7. The number of hydrogen-bond donors (Lipinski definition) is 0. The van der Waals surface area contributed by atoms with Crippen molar-refractivity contribution in [3.05, 3.63) is 92.7 Å². The van der Waals surface area contributed by atoms with Gasteiger partial charge in [0.1, 0.15) is 18.2 Å². The molecule has 0 aromatic heterocycles. The molecule has 2 nitrogen and oxygen atoms in total. The Labute approximate surface area is 165 Å². The maximum absolute atomic E-state index is 13.2. The van der Waals surface area contributed by atoms with Crippen molar-refractivity contribution in [3.8, 4) is 5.75 Å². The molecular weight excluding hydrogens is 417 g/mol. The monoisotopic (exact) mass is 431 g/mol. The summed E-state index contributed by atoms with van der Waals surface area (Å²) in [6.45, 7) is 2.25. The lowest BCUT2D eigenvalue weighted by Crippen LogP contribution is -1.97. The summed E-state index contributed by atoms with van der Waals surface area (Å²) in [5, 5.41) is 0.696. The number of aryl methyl sites for hydroxylation is 1. The van der Waals surface area contributed by atoms with Crippen LogP contribution in [0.4, 0.5) is 10.1 Å². The van der Waals surface area contributed by atoms with Crippen molar-refractivity contribution >= 4 is 39.4 Å². The minimum Gasteiger partial charge on any atom is -0.488 e. The second-order valence-corrected chi connectivity index (χ2v) is 7.06. The van der Waals surface area contributed by atoms with Gasteiger partial charge in [0, 0.05) is 11.2 Å². The predicted molar refractivity (Wildman–Crippen MR) is 108 cm³/mol. The van der Waals surface area contributed by atoms with Gasteiger partial charge in [0.15, 0.2) is 0 Å². The first kappa shape index (κ1) is 18.6. The largest absolute Gasteiger partial charge is 0.488 e. The van der Waals surface area contributed by atoms with Crippen molar-refractivity contribution in [3.63, 3.8) is 0 Å². The molecule has 0 aliphatic carbocycles. The zero-order chi connectivity index (χ0) is 18.5. The van der Waals surface area contributed by atoms with Crippen LogP contribution in [0.3, 0.4) is 0 Å². The van der Waals surface area contributed by atoms with Crippen molar-refractivity contribution in [1.82, 2.24) is 0 Å². The number of ether oxygens (including phenoxy) is 1. The standard InChI is InChI=1S/C21H16BrClFNO/c1-14-5-7-18(11-20(14)23)25-12-15-6-8-21(19(22)10-15)26-13-16-3-2-4-17(24)9-16/h2-12H,13H2,1H3. The van der Waals surface area contributed by atoms with Crippen LogP contribution in [0, 0.1) is 12.7 Å². The number of benzene rings is 3. The van der Waals surface area contributed by atoms with Crippen molar-refractivity contribution in [2.75, 3.05) is 0 Å². The molecule has 0 aliphatic rings. The van der Waals surface area contributed by atoms with Crippen molar-refractivity contribution in [1.29, 1.82) is 0 Å². The molecule has 5 heteroatoms. The Bertz CT molecular complexity index is 958. The zero-order valence-electron chi connectivity index (χ0n) is 14.0. The molecular formula is C21H16BrClFNO. The Hall–Kier alpha value is -2.17. The van der Waals surface area contributed by atoms with E-state index in [-0.39, 0.29) is 5.82 Å². The van der Waals surface area contributed by atoms with Gasteiger partial charge in [-0.2, -0.15) is 0 Å². The van der Waals surface area contributed by atoms with E-state index in [1.807, 2.05) is 49.4 Å². The van der Waals surface area contributed by atoms with Crippen LogP contribution in [0.2, 0.25) is 5.02 Å². The molecule has 132 valence electrons. The summed E-state index contributed by atoms with van der Waals surface area (Å²) in [7, 11) is 0. The van der Waals surface area contributed by atoms with Gasteiger partial charge in [-0.05, 0) is 82.0 Å². The van der Waals surface area contributed by atoms with E-state index in [2.05, 4.69) is 20.9 Å². The molecule has 3 aromatic rings. The van der Waals surface area contributed by atoms with Gasteiger partial charge in [0.05, 0.1) is 10.2 Å². The molecule has 26 heavy (non-hydrogen) atoms. The molecule has 0 unspecified atom stereocenters. The van der Waals surface area contributed by atoms with Gasteiger partial charge >= 0.3 is 0 Å². The van der Waals surface area contributed by atoms with Gasteiger partial charge in [-0.1, -0.05) is 29.8 Å². The average Bonchev–Trinajstić information content (AvgIpc) is 2.62. The molecule has 0 saturated carbocycles. The van der Waals surface area contributed by atoms with E-state index in [0.717, 1.165) is 26.9 Å². The minimum atomic E-state index is -0.270. The summed E-state index contributed by atoms with van der Waals surface area (Å²) in [6.07, 6.45) is 1.77. The second kappa shape index (κ2) is 8.47. The highest BCUT2D eigenvalue weighted by molar-refractivity contribution is 9.10. The molecule has 3 rings (SSSR count). The molecule has 0 heterocycles. The van der Waals surface area contributed by atoms with E-state index in [1.54, 1.807) is 12.3 Å². The van der Waals surface area contributed by atoms with E-state index in [1.165, 1.54) is 12.1 Å². The predicted octanol–water partition coefficient (Wildman–Crippen LogP) is 6.88. The summed E-state index contributed by atoms with van der Waals surface area (Å²) in [4.78, 5) is 4.44. The lowest BCUT2D eigenvalue weighted by Gasteiger charge is -2.09. The van der Waals surface area contributed by atoms with Crippen LogP contribution in [0.1, 0.15) is 16.7 Å². The van der Waals surface area contributed by atoms with Crippen LogP contribution in [0.15, 0.2) is 70.1 Å². The third-order valence-electron chi connectivity index (χ3n) is 3.76.